The first-order valence-corrected chi connectivity index (χ1v) is 7.28. The average Bonchev–Trinajstić information content (AvgIpc) is 2.40. The van der Waals surface area contributed by atoms with Gasteiger partial charge in [0.05, 0.1) is 23.5 Å². The lowest BCUT2D eigenvalue weighted by Gasteiger charge is -2.33. The molecule has 1 aromatic rings. The van der Waals surface area contributed by atoms with Gasteiger partial charge in [0.1, 0.15) is 5.02 Å². The van der Waals surface area contributed by atoms with Gasteiger partial charge in [-0.15, -0.1) is 0 Å². The van der Waals surface area contributed by atoms with E-state index in [0.717, 1.165) is 31.6 Å². The Morgan fingerprint density at radius 3 is 2.45 bits per heavy atom. The summed E-state index contributed by atoms with van der Waals surface area (Å²) in [5, 5.41) is 4.53. The van der Waals surface area contributed by atoms with Gasteiger partial charge in [-0.1, -0.05) is 11.6 Å². The highest BCUT2D eigenvalue weighted by Crippen LogP contribution is 2.26. The van der Waals surface area contributed by atoms with Crippen LogP contribution in [-0.4, -0.2) is 36.1 Å². The summed E-state index contributed by atoms with van der Waals surface area (Å²) < 4.78 is 6.78. The molecule has 0 amide bonds. The summed E-state index contributed by atoms with van der Waals surface area (Å²) in [5.74, 6) is 0. The van der Waals surface area contributed by atoms with E-state index in [1.54, 1.807) is 13.3 Å². The largest absolute Gasteiger partial charge is 0.381 e. The molecule has 1 fully saturated rings. The Kier molecular flexibility index (Phi) is 4.39. The van der Waals surface area contributed by atoms with E-state index in [0.29, 0.717) is 6.10 Å². The molecule has 2 heterocycles. The maximum Gasteiger partial charge on any atom is 0.288 e. The van der Waals surface area contributed by atoms with Crippen molar-refractivity contribution < 1.29 is 4.74 Å². The number of piperidine rings is 1. The number of ether oxygens (including phenoxy) is 1. The van der Waals surface area contributed by atoms with E-state index in [4.69, 9.17) is 16.3 Å². The summed E-state index contributed by atoms with van der Waals surface area (Å²) in [6.45, 7) is 7.46. The summed E-state index contributed by atoms with van der Waals surface area (Å²) in [6.07, 6.45) is 3.87. The molecule has 1 aliphatic heterocycles. The Balaban J connectivity index is 2.27. The molecule has 6 heteroatoms. The average molecular weight is 300 g/mol. The van der Waals surface area contributed by atoms with Crippen molar-refractivity contribution >= 4 is 17.3 Å². The molecule has 1 aliphatic rings. The van der Waals surface area contributed by atoms with Crippen molar-refractivity contribution in [1.29, 1.82) is 0 Å². The smallest absolute Gasteiger partial charge is 0.288 e. The van der Waals surface area contributed by atoms with E-state index in [2.05, 4.69) is 10.00 Å². The first-order chi connectivity index (χ1) is 9.34. The topological polar surface area (TPSA) is 47.4 Å². The van der Waals surface area contributed by atoms with Crippen molar-refractivity contribution in [3.63, 3.8) is 0 Å². The number of rotatable bonds is 2. The monoisotopic (exact) mass is 299 g/mol. The molecule has 0 N–H and O–H groups in total. The minimum atomic E-state index is -0.373. The molecule has 2 rings (SSSR count). The van der Waals surface area contributed by atoms with Crippen LogP contribution in [0.5, 0.6) is 0 Å². The van der Waals surface area contributed by atoms with Crippen LogP contribution >= 0.6 is 11.6 Å². The van der Waals surface area contributed by atoms with Crippen molar-refractivity contribution in [2.45, 2.75) is 45.3 Å². The molecule has 0 unspecified atom stereocenters. The highest BCUT2D eigenvalue weighted by atomic mass is 35.5. The molecule has 5 nitrogen and oxygen atoms in total. The van der Waals surface area contributed by atoms with E-state index >= 15 is 0 Å². The molecule has 20 heavy (non-hydrogen) atoms. The van der Waals surface area contributed by atoms with Crippen LogP contribution < -0.4 is 10.5 Å². The van der Waals surface area contributed by atoms with Crippen molar-refractivity contribution in [2.24, 2.45) is 0 Å². The second-order valence-electron chi connectivity index (χ2n) is 6.15. The van der Waals surface area contributed by atoms with Gasteiger partial charge in [0.2, 0.25) is 0 Å². The summed E-state index contributed by atoms with van der Waals surface area (Å²) in [6, 6.07) is 0. The molecular weight excluding hydrogens is 278 g/mol. The zero-order valence-corrected chi connectivity index (χ0v) is 13.3. The number of methoxy groups -OCH3 is 1. The van der Waals surface area contributed by atoms with Crippen molar-refractivity contribution in [2.75, 3.05) is 25.1 Å². The molecule has 1 saturated heterocycles. The summed E-state index contributed by atoms with van der Waals surface area (Å²) in [7, 11) is 1.74. The van der Waals surface area contributed by atoms with Crippen LogP contribution in [0.15, 0.2) is 11.0 Å². The fourth-order valence-electron chi connectivity index (χ4n) is 2.45. The zero-order valence-electron chi connectivity index (χ0n) is 12.5. The van der Waals surface area contributed by atoms with Gasteiger partial charge >= 0.3 is 0 Å². The van der Waals surface area contributed by atoms with E-state index in [1.165, 1.54) is 4.68 Å². The Labute approximate surface area is 124 Å². The van der Waals surface area contributed by atoms with Gasteiger partial charge in [-0.05, 0) is 33.6 Å². The fourth-order valence-corrected chi connectivity index (χ4v) is 2.70. The summed E-state index contributed by atoms with van der Waals surface area (Å²) in [4.78, 5) is 14.4. The number of hydrogen-bond acceptors (Lipinski definition) is 4. The lowest BCUT2D eigenvalue weighted by molar-refractivity contribution is 0.0819. The maximum atomic E-state index is 12.3. The van der Waals surface area contributed by atoms with E-state index in [-0.39, 0.29) is 16.1 Å². The SMILES string of the molecule is COC1CCN(c2cnn(C(C)(C)C)c(=O)c2Cl)CC1. The zero-order chi connectivity index (χ0) is 14.9. The van der Waals surface area contributed by atoms with Crippen LogP contribution in [0.4, 0.5) is 5.69 Å². The number of halogens is 1. The first kappa shape index (κ1) is 15.3. The van der Waals surface area contributed by atoms with E-state index in [9.17, 15) is 4.79 Å². The van der Waals surface area contributed by atoms with Gasteiger partial charge in [0.15, 0.2) is 0 Å². The second kappa shape index (κ2) is 5.74. The van der Waals surface area contributed by atoms with E-state index in [1.807, 2.05) is 20.8 Å². The molecular formula is C14H22ClN3O2. The minimum absolute atomic E-state index is 0.231. The third kappa shape index (κ3) is 2.99. The molecule has 0 bridgehead atoms. The predicted octanol–water partition coefficient (Wildman–Crippen LogP) is 2.27. The lowest BCUT2D eigenvalue weighted by atomic mass is 10.1. The molecule has 0 aromatic carbocycles. The predicted molar refractivity (Wildman–Crippen MR) is 80.7 cm³/mol. The second-order valence-corrected chi connectivity index (χ2v) is 6.53. The molecule has 112 valence electrons. The van der Waals surface area contributed by atoms with Crippen molar-refractivity contribution in [3.8, 4) is 0 Å². The summed E-state index contributed by atoms with van der Waals surface area (Å²) in [5.41, 5.74) is 0.125. The number of hydrogen-bond donors (Lipinski definition) is 0. The van der Waals surface area contributed by atoms with Crippen molar-refractivity contribution in [1.82, 2.24) is 9.78 Å². The van der Waals surface area contributed by atoms with Gasteiger partial charge in [0.25, 0.3) is 5.56 Å². The Bertz CT molecular complexity index is 528. The highest BCUT2D eigenvalue weighted by Gasteiger charge is 2.24. The Morgan fingerprint density at radius 1 is 1.35 bits per heavy atom. The molecule has 0 saturated carbocycles. The van der Waals surface area contributed by atoms with Crippen LogP contribution in [0.1, 0.15) is 33.6 Å². The quantitative estimate of drug-likeness (QED) is 0.840. The highest BCUT2D eigenvalue weighted by molar-refractivity contribution is 6.33. The lowest BCUT2D eigenvalue weighted by Crippen LogP contribution is -2.40. The Morgan fingerprint density at radius 2 is 1.95 bits per heavy atom. The van der Waals surface area contributed by atoms with Crippen LogP contribution in [0.2, 0.25) is 5.02 Å². The Hall–Kier alpha value is -1.07. The number of aromatic nitrogens is 2. The van der Waals surface area contributed by atoms with Crippen LogP contribution in [0.3, 0.4) is 0 Å². The van der Waals surface area contributed by atoms with Gasteiger partial charge in [0, 0.05) is 20.2 Å². The minimum Gasteiger partial charge on any atom is -0.381 e. The molecule has 0 spiro atoms. The fraction of sp³-hybridized carbons (Fsp3) is 0.714. The number of anilines is 1. The van der Waals surface area contributed by atoms with Gasteiger partial charge in [-0.2, -0.15) is 5.10 Å². The molecule has 1 aromatic heterocycles. The first-order valence-electron chi connectivity index (χ1n) is 6.90. The van der Waals surface area contributed by atoms with Gasteiger partial charge < -0.3 is 9.64 Å². The van der Waals surface area contributed by atoms with Crippen LogP contribution in [-0.2, 0) is 10.3 Å². The summed E-state index contributed by atoms with van der Waals surface area (Å²) >= 11 is 6.26. The molecule has 0 atom stereocenters. The van der Waals surface area contributed by atoms with Crippen LogP contribution in [0, 0.1) is 0 Å². The van der Waals surface area contributed by atoms with Gasteiger partial charge in [-0.3, -0.25) is 4.79 Å². The normalized spacial score (nSPS) is 17.6. The molecule has 0 radical (unpaired) electrons. The third-order valence-corrected chi connectivity index (χ3v) is 4.01. The number of nitrogens with zero attached hydrogens (tertiary/aromatic N) is 3. The molecule has 0 aliphatic carbocycles. The van der Waals surface area contributed by atoms with Crippen LogP contribution in [0.25, 0.3) is 0 Å². The van der Waals surface area contributed by atoms with Gasteiger partial charge in [-0.25, -0.2) is 4.68 Å². The maximum absolute atomic E-state index is 12.3. The third-order valence-electron chi connectivity index (χ3n) is 3.65. The standard InChI is InChI=1S/C14H22ClN3O2/c1-14(2,3)18-13(19)12(15)11(9-16-18)17-7-5-10(20-4)6-8-17/h9-10H,5-8H2,1-4H3. The van der Waals surface area contributed by atoms with Crippen molar-refractivity contribution in [3.05, 3.63) is 21.6 Å². The van der Waals surface area contributed by atoms with E-state index < -0.39 is 0 Å².